The van der Waals surface area contributed by atoms with Crippen LogP contribution in [0.4, 0.5) is 0 Å². The Balaban J connectivity index is 1.57. The van der Waals surface area contributed by atoms with E-state index in [0.29, 0.717) is 6.04 Å². The molecule has 0 radical (unpaired) electrons. The summed E-state index contributed by atoms with van der Waals surface area (Å²) in [6, 6.07) is 9.00. The van der Waals surface area contributed by atoms with E-state index in [9.17, 15) is 0 Å². The second-order valence-electron chi connectivity index (χ2n) is 6.54. The van der Waals surface area contributed by atoms with Crippen LogP contribution in [-0.4, -0.2) is 30.1 Å². The molecule has 2 atom stereocenters. The molecule has 2 aliphatic heterocycles. The van der Waals surface area contributed by atoms with Gasteiger partial charge >= 0.3 is 0 Å². The van der Waals surface area contributed by atoms with Crippen LogP contribution in [0.1, 0.15) is 43.2 Å². The molecule has 20 heavy (non-hydrogen) atoms. The lowest BCUT2D eigenvalue weighted by Crippen LogP contribution is -2.54. The Bertz CT molecular complexity index is 460. The Hall–Kier alpha value is -0.380. The Morgan fingerprint density at radius 2 is 1.95 bits per heavy atom. The van der Waals surface area contributed by atoms with Crippen molar-refractivity contribution < 1.29 is 0 Å². The van der Waals surface area contributed by atoms with Crippen LogP contribution in [0.3, 0.4) is 0 Å². The number of rotatable bonds is 3. The highest BCUT2D eigenvalue weighted by atomic mass is 79.9. The van der Waals surface area contributed by atoms with Gasteiger partial charge in [-0.25, -0.2) is 0 Å². The van der Waals surface area contributed by atoms with Crippen molar-refractivity contribution in [3.05, 3.63) is 33.8 Å². The highest BCUT2D eigenvalue weighted by molar-refractivity contribution is 9.10. The molecular formula is C17H25BrN2. The quantitative estimate of drug-likeness (QED) is 0.901. The first-order chi connectivity index (χ1) is 9.63. The zero-order chi connectivity index (χ0) is 14.1. The largest absolute Gasteiger partial charge is 0.310 e. The smallest absolute Gasteiger partial charge is 0.0208 e. The fourth-order valence-electron chi connectivity index (χ4n) is 3.79. The third-order valence-corrected chi connectivity index (χ3v) is 6.03. The maximum absolute atomic E-state index is 3.79. The molecule has 0 saturated carbocycles. The molecule has 2 heterocycles. The summed E-state index contributed by atoms with van der Waals surface area (Å²) >= 11 is 3.62. The predicted octanol–water partition coefficient (Wildman–Crippen LogP) is 3.86. The van der Waals surface area contributed by atoms with Crippen LogP contribution in [0.2, 0.25) is 0 Å². The maximum Gasteiger partial charge on any atom is 0.0208 e. The molecule has 2 bridgehead atoms. The van der Waals surface area contributed by atoms with E-state index < -0.39 is 0 Å². The van der Waals surface area contributed by atoms with Gasteiger partial charge in [0.1, 0.15) is 0 Å². The number of benzene rings is 1. The Morgan fingerprint density at radius 1 is 1.25 bits per heavy atom. The zero-order valence-electron chi connectivity index (χ0n) is 12.5. The highest BCUT2D eigenvalue weighted by Gasteiger charge is 2.35. The summed E-state index contributed by atoms with van der Waals surface area (Å²) in [5.41, 5.74) is 2.69. The Labute approximate surface area is 131 Å². The number of aryl methyl sites for hydroxylation is 1. The van der Waals surface area contributed by atoms with Crippen molar-refractivity contribution in [3.8, 4) is 0 Å². The molecule has 2 aliphatic rings. The predicted molar refractivity (Wildman–Crippen MR) is 87.9 cm³/mol. The van der Waals surface area contributed by atoms with Gasteiger partial charge < -0.3 is 10.2 Å². The number of piperidine rings is 2. The zero-order valence-corrected chi connectivity index (χ0v) is 14.1. The Morgan fingerprint density at radius 3 is 2.60 bits per heavy atom. The van der Waals surface area contributed by atoms with E-state index in [4.69, 9.17) is 0 Å². The van der Waals surface area contributed by atoms with Crippen LogP contribution < -0.4 is 5.32 Å². The Kier molecular flexibility index (Phi) is 4.49. The third kappa shape index (κ3) is 3.10. The van der Waals surface area contributed by atoms with Gasteiger partial charge in [-0.3, -0.25) is 0 Å². The first-order valence-electron chi connectivity index (χ1n) is 7.84. The van der Waals surface area contributed by atoms with Crippen molar-refractivity contribution in [2.45, 2.75) is 63.7 Å². The molecule has 3 rings (SSSR count). The van der Waals surface area contributed by atoms with E-state index in [2.05, 4.69) is 58.3 Å². The van der Waals surface area contributed by atoms with Crippen LogP contribution in [0.5, 0.6) is 0 Å². The fraction of sp³-hybridized carbons (Fsp3) is 0.647. The molecule has 1 aromatic carbocycles. The molecule has 0 amide bonds. The second kappa shape index (κ2) is 6.17. The minimum atomic E-state index is 0.696. The molecule has 0 spiro atoms. The molecule has 1 aromatic rings. The lowest BCUT2D eigenvalue weighted by Gasteiger charge is -2.47. The van der Waals surface area contributed by atoms with Gasteiger partial charge in [0, 0.05) is 29.1 Å². The van der Waals surface area contributed by atoms with Gasteiger partial charge in [0.15, 0.2) is 0 Å². The van der Waals surface area contributed by atoms with Crippen molar-refractivity contribution in [1.29, 1.82) is 0 Å². The molecular weight excluding hydrogens is 312 g/mol. The van der Waals surface area contributed by atoms with E-state index in [-0.39, 0.29) is 0 Å². The summed E-state index contributed by atoms with van der Waals surface area (Å²) in [5.74, 6) is 0. The van der Waals surface area contributed by atoms with Crippen molar-refractivity contribution >= 4 is 15.9 Å². The number of nitrogens with one attached hydrogen (secondary N) is 1. The van der Waals surface area contributed by atoms with Gasteiger partial charge in [-0.2, -0.15) is 0 Å². The standard InChI is InChI=1S/C17H25BrN2/c1-12-6-7-13(8-17(12)18)11-19-14-9-15-4-3-5-16(10-14)20(15)2/h6-8,14-16,19H,3-5,9-11H2,1-2H3. The van der Waals surface area contributed by atoms with Crippen molar-refractivity contribution in [2.24, 2.45) is 0 Å². The van der Waals surface area contributed by atoms with Crippen LogP contribution in [0.15, 0.2) is 22.7 Å². The molecule has 2 nitrogen and oxygen atoms in total. The normalized spacial score (nSPS) is 30.4. The number of hydrogen-bond donors (Lipinski definition) is 1. The summed E-state index contributed by atoms with van der Waals surface area (Å²) in [4.78, 5) is 2.63. The first-order valence-corrected chi connectivity index (χ1v) is 8.63. The lowest BCUT2D eigenvalue weighted by molar-refractivity contribution is 0.0482. The first kappa shape index (κ1) is 14.6. The SMILES string of the molecule is Cc1ccc(CNC2CC3CCCC(C2)N3C)cc1Br. The summed E-state index contributed by atoms with van der Waals surface area (Å²) in [7, 11) is 2.32. The van der Waals surface area contributed by atoms with Gasteiger partial charge in [0.05, 0.1) is 0 Å². The van der Waals surface area contributed by atoms with Gasteiger partial charge in [-0.1, -0.05) is 34.5 Å². The van der Waals surface area contributed by atoms with Crippen molar-refractivity contribution in [3.63, 3.8) is 0 Å². The number of fused-ring (bicyclic) bond motifs is 2. The van der Waals surface area contributed by atoms with Crippen LogP contribution in [0.25, 0.3) is 0 Å². The average Bonchev–Trinajstić information content (AvgIpc) is 2.41. The van der Waals surface area contributed by atoms with Crippen molar-refractivity contribution in [2.75, 3.05) is 7.05 Å². The molecule has 0 aliphatic carbocycles. The van der Waals surface area contributed by atoms with E-state index in [1.54, 1.807) is 0 Å². The highest BCUT2D eigenvalue weighted by Crippen LogP contribution is 2.32. The number of hydrogen-bond acceptors (Lipinski definition) is 2. The summed E-state index contributed by atoms with van der Waals surface area (Å²) in [5, 5.41) is 3.79. The van der Waals surface area contributed by atoms with Gasteiger partial charge in [0.25, 0.3) is 0 Å². The molecule has 110 valence electrons. The lowest BCUT2D eigenvalue weighted by atomic mass is 9.82. The van der Waals surface area contributed by atoms with Gasteiger partial charge in [-0.05, 0) is 56.8 Å². The average molecular weight is 337 g/mol. The van der Waals surface area contributed by atoms with Crippen LogP contribution >= 0.6 is 15.9 Å². The summed E-state index contributed by atoms with van der Waals surface area (Å²) in [6.45, 7) is 3.13. The number of nitrogens with zero attached hydrogens (tertiary/aromatic N) is 1. The van der Waals surface area contributed by atoms with Crippen LogP contribution in [-0.2, 0) is 6.54 Å². The van der Waals surface area contributed by atoms with Crippen LogP contribution in [0, 0.1) is 6.92 Å². The van der Waals surface area contributed by atoms with Gasteiger partial charge in [0.2, 0.25) is 0 Å². The van der Waals surface area contributed by atoms with E-state index in [0.717, 1.165) is 18.6 Å². The van der Waals surface area contributed by atoms with Crippen molar-refractivity contribution in [1.82, 2.24) is 10.2 Å². The third-order valence-electron chi connectivity index (χ3n) is 5.17. The molecule has 1 N–H and O–H groups in total. The van der Waals surface area contributed by atoms with E-state index in [1.807, 2.05) is 0 Å². The minimum Gasteiger partial charge on any atom is -0.310 e. The summed E-state index contributed by atoms with van der Waals surface area (Å²) < 4.78 is 1.22. The second-order valence-corrected chi connectivity index (χ2v) is 7.39. The molecule has 3 heteroatoms. The maximum atomic E-state index is 3.79. The topological polar surface area (TPSA) is 15.3 Å². The number of halogens is 1. The monoisotopic (exact) mass is 336 g/mol. The molecule has 0 aromatic heterocycles. The fourth-order valence-corrected chi connectivity index (χ4v) is 4.22. The summed E-state index contributed by atoms with van der Waals surface area (Å²) in [6.07, 6.45) is 6.85. The minimum absolute atomic E-state index is 0.696. The van der Waals surface area contributed by atoms with E-state index in [1.165, 1.54) is 47.7 Å². The molecule has 2 fully saturated rings. The molecule has 2 unspecified atom stereocenters. The van der Waals surface area contributed by atoms with Gasteiger partial charge in [-0.15, -0.1) is 0 Å². The van der Waals surface area contributed by atoms with E-state index >= 15 is 0 Å². The molecule has 2 saturated heterocycles.